The molecule has 0 bridgehead atoms. The number of fused-ring (bicyclic) bond motifs is 1. The highest BCUT2D eigenvalue weighted by Crippen LogP contribution is 2.35. The van der Waals surface area contributed by atoms with Crippen LogP contribution >= 0.6 is 11.3 Å². The molecule has 6 nitrogen and oxygen atoms in total. The van der Waals surface area contributed by atoms with Gasteiger partial charge in [-0.1, -0.05) is 29.5 Å². The summed E-state index contributed by atoms with van der Waals surface area (Å²) in [6, 6.07) is 10.9. The minimum atomic E-state index is -0.363. The Balaban J connectivity index is 1.80. The predicted octanol–water partition coefficient (Wildman–Crippen LogP) is 1.35. The normalized spacial score (nSPS) is 12.9. The number of hydrogen-bond acceptors (Lipinski definition) is 6. The number of amides is 1. The summed E-state index contributed by atoms with van der Waals surface area (Å²) >= 11 is 1.20. The third-order valence-corrected chi connectivity index (χ3v) is 4.34. The van der Waals surface area contributed by atoms with Crippen LogP contribution in [-0.2, 0) is 4.79 Å². The zero-order valence-electron chi connectivity index (χ0n) is 11.7. The van der Waals surface area contributed by atoms with Crippen LogP contribution in [0, 0.1) is 0 Å². The van der Waals surface area contributed by atoms with Crippen LogP contribution in [0.4, 0.5) is 10.8 Å². The van der Waals surface area contributed by atoms with Gasteiger partial charge in [-0.3, -0.25) is 9.78 Å². The molecule has 0 aliphatic carbocycles. The van der Waals surface area contributed by atoms with Crippen LogP contribution in [0.3, 0.4) is 0 Å². The van der Waals surface area contributed by atoms with Crippen molar-refractivity contribution in [2.24, 2.45) is 4.99 Å². The molecule has 3 heterocycles. The maximum Gasteiger partial charge on any atom is 0.279 e. The molecule has 2 aromatic heterocycles. The maximum absolute atomic E-state index is 12.2. The summed E-state index contributed by atoms with van der Waals surface area (Å²) < 4.78 is 0. The Kier molecular flexibility index (Phi) is 3.13. The molecular weight excluding hydrogens is 312 g/mol. The second-order valence-corrected chi connectivity index (χ2v) is 5.85. The minimum absolute atomic E-state index is 0.184. The monoisotopic (exact) mass is 322 g/mol. The Morgan fingerprint density at radius 1 is 1.13 bits per heavy atom. The van der Waals surface area contributed by atoms with Crippen molar-refractivity contribution in [3.63, 3.8) is 0 Å². The number of carbonyl (C=O) groups is 1. The highest BCUT2D eigenvalue weighted by molar-refractivity contribution is 7.17. The molecular formula is C16H10N4O2S. The van der Waals surface area contributed by atoms with Gasteiger partial charge in [0.25, 0.3) is 5.91 Å². The number of hydrogen-bond donors (Lipinski definition) is 2. The van der Waals surface area contributed by atoms with E-state index in [1.165, 1.54) is 11.3 Å². The number of aromatic hydroxyl groups is 1. The maximum atomic E-state index is 12.2. The lowest BCUT2D eigenvalue weighted by Crippen LogP contribution is -2.22. The lowest BCUT2D eigenvalue weighted by molar-refractivity contribution is -0.112. The number of benzene rings is 1. The van der Waals surface area contributed by atoms with E-state index in [9.17, 15) is 9.90 Å². The molecule has 0 spiro atoms. The Morgan fingerprint density at radius 3 is 2.83 bits per heavy atom. The quantitative estimate of drug-likeness (QED) is 0.760. The van der Waals surface area contributed by atoms with Gasteiger partial charge < -0.3 is 10.4 Å². The molecule has 7 heteroatoms. The van der Waals surface area contributed by atoms with E-state index in [1.807, 2.05) is 24.3 Å². The van der Waals surface area contributed by atoms with Crippen LogP contribution in [0.5, 0.6) is 5.88 Å². The van der Waals surface area contributed by atoms with Gasteiger partial charge in [-0.25, -0.2) is 4.99 Å². The van der Waals surface area contributed by atoms with E-state index in [1.54, 1.807) is 24.5 Å². The molecule has 23 heavy (non-hydrogen) atoms. The van der Waals surface area contributed by atoms with Crippen LogP contribution in [0.15, 0.2) is 53.8 Å². The van der Waals surface area contributed by atoms with Gasteiger partial charge >= 0.3 is 0 Å². The molecule has 2 N–H and O–H groups in total. The Morgan fingerprint density at radius 2 is 2.00 bits per heavy atom. The molecule has 1 aromatic carbocycles. The van der Waals surface area contributed by atoms with Crippen molar-refractivity contribution in [3.05, 3.63) is 64.2 Å². The van der Waals surface area contributed by atoms with E-state index >= 15 is 0 Å². The number of anilines is 2. The predicted molar refractivity (Wildman–Crippen MR) is 86.0 cm³/mol. The van der Waals surface area contributed by atoms with Crippen LogP contribution in [0.2, 0.25) is 0 Å². The number of pyridine rings is 1. The van der Waals surface area contributed by atoms with Gasteiger partial charge in [0, 0.05) is 11.4 Å². The van der Waals surface area contributed by atoms with Crippen molar-refractivity contribution in [1.82, 2.24) is 9.97 Å². The van der Waals surface area contributed by atoms with E-state index < -0.39 is 0 Å². The summed E-state index contributed by atoms with van der Waals surface area (Å²) in [7, 11) is 0. The Labute approximate surface area is 134 Å². The first-order valence-electron chi connectivity index (χ1n) is 6.82. The number of rotatable bonds is 3. The van der Waals surface area contributed by atoms with Gasteiger partial charge in [0.1, 0.15) is 4.88 Å². The first-order chi connectivity index (χ1) is 11.2. The van der Waals surface area contributed by atoms with Gasteiger partial charge in [0.2, 0.25) is 5.88 Å². The van der Waals surface area contributed by atoms with Crippen molar-refractivity contribution in [1.29, 1.82) is 0 Å². The summed E-state index contributed by atoms with van der Waals surface area (Å²) in [4.78, 5) is 24.7. The minimum Gasteiger partial charge on any atom is -0.492 e. The molecule has 1 aliphatic rings. The zero-order chi connectivity index (χ0) is 15.8. The van der Waals surface area contributed by atoms with E-state index in [4.69, 9.17) is 0 Å². The van der Waals surface area contributed by atoms with Crippen molar-refractivity contribution in [2.75, 3.05) is 5.32 Å². The Hall–Kier alpha value is -3.06. The second-order valence-electron chi connectivity index (χ2n) is 4.85. The molecule has 0 saturated heterocycles. The molecule has 1 amide bonds. The number of aromatic nitrogens is 2. The van der Waals surface area contributed by atoms with Crippen molar-refractivity contribution < 1.29 is 9.90 Å². The number of para-hydroxylation sites is 1. The van der Waals surface area contributed by atoms with Gasteiger partial charge in [-0.2, -0.15) is 4.98 Å². The number of nitrogens with zero attached hydrogens (tertiary/aromatic N) is 3. The summed E-state index contributed by atoms with van der Waals surface area (Å²) in [6.45, 7) is 0. The third kappa shape index (κ3) is 2.36. The lowest BCUT2D eigenvalue weighted by Gasteiger charge is -1.99. The average Bonchev–Trinajstić information content (AvgIpc) is 3.07. The summed E-state index contributed by atoms with van der Waals surface area (Å²) in [6.07, 6.45) is 3.32. The Bertz CT molecular complexity index is 1030. The van der Waals surface area contributed by atoms with Crippen LogP contribution < -0.4 is 15.9 Å². The van der Waals surface area contributed by atoms with Crippen molar-refractivity contribution in [3.8, 4) is 5.88 Å². The van der Waals surface area contributed by atoms with Gasteiger partial charge in [0.15, 0.2) is 5.13 Å². The van der Waals surface area contributed by atoms with Gasteiger partial charge in [-0.05, 0) is 18.2 Å². The van der Waals surface area contributed by atoms with Gasteiger partial charge in [0.05, 0.1) is 22.8 Å². The zero-order valence-corrected chi connectivity index (χ0v) is 12.5. The van der Waals surface area contributed by atoms with Gasteiger partial charge in [-0.15, -0.1) is 0 Å². The standard InChI is InChI=1S/C16H10N4O2S/c21-14-12(10-5-1-2-6-11(10)19-14)13-15(22)20-16(23-13)18-9-4-3-7-17-8-9/h1-8,22H,(H,18,20). The van der Waals surface area contributed by atoms with Crippen LogP contribution in [0.1, 0.15) is 4.88 Å². The topological polar surface area (TPSA) is 87.5 Å². The molecule has 112 valence electrons. The van der Waals surface area contributed by atoms with E-state index in [0.717, 1.165) is 5.69 Å². The molecule has 4 rings (SSSR count). The molecule has 0 atom stereocenters. The number of nitrogens with one attached hydrogen (secondary N) is 1. The van der Waals surface area contributed by atoms with Crippen LogP contribution in [-0.4, -0.2) is 21.0 Å². The highest BCUT2D eigenvalue weighted by Gasteiger charge is 2.24. The number of carbonyl (C=O) groups excluding carboxylic acids is 1. The summed E-state index contributed by atoms with van der Waals surface area (Å²) in [5.41, 5.74) is 1.13. The largest absolute Gasteiger partial charge is 0.492 e. The SMILES string of the molecule is O=C1N=c2ccccc2=C1c1sc(Nc2cccnc2)nc1O. The molecule has 0 saturated carbocycles. The molecule has 0 unspecified atom stereocenters. The molecule has 0 fully saturated rings. The fourth-order valence-corrected chi connectivity index (χ4v) is 3.30. The fourth-order valence-electron chi connectivity index (χ4n) is 2.37. The fraction of sp³-hybridized carbons (Fsp3) is 0. The number of thiazole rings is 1. The summed E-state index contributed by atoms with van der Waals surface area (Å²) in [5, 5.41) is 15.0. The average molecular weight is 322 g/mol. The second kappa shape index (κ2) is 5.29. The molecule has 1 aliphatic heterocycles. The van der Waals surface area contributed by atoms with E-state index in [0.29, 0.717) is 26.2 Å². The first kappa shape index (κ1) is 13.6. The van der Waals surface area contributed by atoms with Crippen molar-refractivity contribution in [2.45, 2.75) is 0 Å². The van der Waals surface area contributed by atoms with E-state index in [2.05, 4.69) is 20.3 Å². The third-order valence-electron chi connectivity index (χ3n) is 3.36. The van der Waals surface area contributed by atoms with Crippen LogP contribution in [0.25, 0.3) is 5.57 Å². The lowest BCUT2D eigenvalue weighted by atomic mass is 10.1. The first-order valence-corrected chi connectivity index (χ1v) is 7.63. The summed E-state index contributed by atoms with van der Waals surface area (Å²) in [5.74, 6) is -0.547. The van der Waals surface area contributed by atoms with E-state index in [-0.39, 0.29) is 11.8 Å². The smallest absolute Gasteiger partial charge is 0.279 e. The molecule has 3 aromatic rings. The van der Waals surface area contributed by atoms with Crippen molar-refractivity contribution >= 4 is 33.6 Å². The molecule has 0 radical (unpaired) electrons. The highest BCUT2D eigenvalue weighted by atomic mass is 32.1.